The second-order valence-electron chi connectivity index (χ2n) is 5.26. The van der Waals surface area contributed by atoms with E-state index in [2.05, 4.69) is 17.4 Å². The zero-order valence-corrected chi connectivity index (χ0v) is 10.2. The van der Waals surface area contributed by atoms with Crippen molar-refractivity contribution in [3.63, 3.8) is 0 Å². The molecule has 0 aromatic rings. The fourth-order valence-electron chi connectivity index (χ4n) is 1.56. The van der Waals surface area contributed by atoms with Gasteiger partial charge in [0, 0.05) is 5.92 Å². The highest BCUT2D eigenvalue weighted by Gasteiger charge is 2.24. The van der Waals surface area contributed by atoms with Gasteiger partial charge in [-0.05, 0) is 53.8 Å². The fraction of sp³-hybridized carbons (Fsp3) is 0.909. The number of hydrogen-bond donors (Lipinski definition) is 1. The molecule has 0 unspecified atom stereocenters. The first kappa shape index (κ1) is 12.5. The first-order valence-corrected chi connectivity index (χ1v) is 5.55. The lowest BCUT2D eigenvalue weighted by Gasteiger charge is -2.29. The minimum atomic E-state index is -0.318. The second-order valence-corrected chi connectivity index (χ2v) is 5.26. The van der Waals surface area contributed by atoms with E-state index in [4.69, 9.17) is 4.84 Å². The number of carbonyl (C=O) groups excluding carboxylic acids is 1. The molecular weight excluding hydrogens is 192 g/mol. The molecular formula is C11H22N2O2. The van der Waals surface area contributed by atoms with Crippen LogP contribution in [0.2, 0.25) is 0 Å². The van der Waals surface area contributed by atoms with Gasteiger partial charge in [0.1, 0.15) is 0 Å². The normalized spacial score (nSPS) is 20.3. The molecule has 4 heteroatoms. The maximum atomic E-state index is 11.7. The van der Waals surface area contributed by atoms with Crippen LogP contribution >= 0.6 is 0 Å². The van der Waals surface area contributed by atoms with E-state index in [0.717, 1.165) is 25.9 Å². The number of amides is 1. The van der Waals surface area contributed by atoms with Crippen LogP contribution in [0.4, 0.5) is 0 Å². The van der Waals surface area contributed by atoms with Gasteiger partial charge in [-0.15, -0.1) is 0 Å². The van der Waals surface area contributed by atoms with Crippen LogP contribution in [0.15, 0.2) is 0 Å². The number of hydroxylamine groups is 1. The summed E-state index contributed by atoms with van der Waals surface area (Å²) in [4.78, 5) is 19.2. The van der Waals surface area contributed by atoms with E-state index in [1.807, 2.05) is 20.8 Å². The van der Waals surface area contributed by atoms with Crippen molar-refractivity contribution in [3.8, 4) is 0 Å². The van der Waals surface area contributed by atoms with Gasteiger partial charge in [0.2, 0.25) is 5.91 Å². The van der Waals surface area contributed by atoms with E-state index in [1.54, 1.807) is 0 Å². The van der Waals surface area contributed by atoms with Crippen LogP contribution in [0.5, 0.6) is 0 Å². The standard InChI is InChI=1S/C11H22N2O2/c1-11(2,3)15-12-10(14)9-5-7-13(4)8-6-9/h9H,5-8H2,1-4H3,(H,12,14). The number of hydrogen-bond acceptors (Lipinski definition) is 3. The number of piperidine rings is 1. The van der Waals surface area contributed by atoms with Gasteiger partial charge in [0.25, 0.3) is 0 Å². The molecule has 1 saturated heterocycles. The monoisotopic (exact) mass is 214 g/mol. The van der Waals surface area contributed by atoms with Crippen molar-refractivity contribution in [1.82, 2.24) is 10.4 Å². The highest BCUT2D eigenvalue weighted by Crippen LogP contribution is 2.16. The summed E-state index contributed by atoms with van der Waals surface area (Å²) in [5.74, 6) is 0.140. The third-order valence-electron chi connectivity index (χ3n) is 2.55. The van der Waals surface area contributed by atoms with Crippen LogP contribution in [0.25, 0.3) is 0 Å². The molecule has 0 spiro atoms. The van der Waals surface area contributed by atoms with Gasteiger partial charge in [-0.2, -0.15) is 0 Å². The summed E-state index contributed by atoms with van der Waals surface area (Å²) in [5, 5.41) is 0. The number of rotatable bonds is 2. The van der Waals surface area contributed by atoms with Gasteiger partial charge in [-0.3, -0.25) is 9.63 Å². The smallest absolute Gasteiger partial charge is 0.246 e. The van der Waals surface area contributed by atoms with E-state index in [9.17, 15) is 4.79 Å². The Morgan fingerprint density at radius 1 is 1.33 bits per heavy atom. The number of nitrogens with zero attached hydrogens (tertiary/aromatic N) is 1. The van der Waals surface area contributed by atoms with E-state index in [-0.39, 0.29) is 17.4 Å². The minimum Gasteiger partial charge on any atom is -0.306 e. The summed E-state index contributed by atoms with van der Waals surface area (Å²) in [5.41, 5.74) is 2.23. The molecule has 1 rings (SSSR count). The molecule has 0 aromatic carbocycles. The molecule has 1 amide bonds. The Morgan fingerprint density at radius 2 is 1.87 bits per heavy atom. The predicted octanol–water partition coefficient (Wildman–Crippen LogP) is 1.17. The van der Waals surface area contributed by atoms with Gasteiger partial charge < -0.3 is 4.90 Å². The fourth-order valence-corrected chi connectivity index (χ4v) is 1.56. The van der Waals surface area contributed by atoms with Crippen LogP contribution < -0.4 is 5.48 Å². The summed E-state index contributed by atoms with van der Waals surface area (Å²) in [7, 11) is 2.08. The Kier molecular flexibility index (Phi) is 4.11. The van der Waals surface area contributed by atoms with Crippen molar-refractivity contribution in [3.05, 3.63) is 0 Å². The highest BCUT2D eigenvalue weighted by molar-refractivity contribution is 5.77. The van der Waals surface area contributed by atoms with Crippen LogP contribution in [0.1, 0.15) is 33.6 Å². The Bertz CT molecular complexity index is 215. The van der Waals surface area contributed by atoms with E-state index in [1.165, 1.54) is 0 Å². The summed E-state index contributed by atoms with van der Waals surface area (Å²) in [6.45, 7) is 7.74. The second kappa shape index (κ2) is 4.94. The number of nitrogens with one attached hydrogen (secondary N) is 1. The van der Waals surface area contributed by atoms with Crippen LogP contribution in [0.3, 0.4) is 0 Å². The first-order valence-electron chi connectivity index (χ1n) is 5.55. The van der Waals surface area contributed by atoms with Crippen LogP contribution in [-0.2, 0) is 9.63 Å². The third kappa shape index (κ3) is 4.62. The minimum absolute atomic E-state index is 0.0259. The van der Waals surface area contributed by atoms with E-state index in [0.29, 0.717) is 0 Å². The summed E-state index contributed by atoms with van der Waals surface area (Å²) in [6, 6.07) is 0. The molecule has 0 aromatic heterocycles. The quantitative estimate of drug-likeness (QED) is 0.702. The van der Waals surface area contributed by atoms with Crippen LogP contribution in [0, 0.1) is 5.92 Å². The molecule has 0 saturated carbocycles. The van der Waals surface area contributed by atoms with E-state index < -0.39 is 0 Å². The third-order valence-corrected chi connectivity index (χ3v) is 2.55. The molecule has 1 fully saturated rings. The predicted molar refractivity (Wildman–Crippen MR) is 59.2 cm³/mol. The zero-order valence-electron chi connectivity index (χ0n) is 10.2. The summed E-state index contributed by atoms with van der Waals surface area (Å²) >= 11 is 0. The van der Waals surface area contributed by atoms with Crippen molar-refractivity contribution in [1.29, 1.82) is 0 Å². The average molecular weight is 214 g/mol. The lowest BCUT2D eigenvalue weighted by atomic mass is 9.97. The van der Waals surface area contributed by atoms with Crippen molar-refractivity contribution >= 4 is 5.91 Å². The summed E-state index contributed by atoms with van der Waals surface area (Å²) < 4.78 is 0. The maximum absolute atomic E-state index is 11.7. The maximum Gasteiger partial charge on any atom is 0.246 e. The lowest BCUT2D eigenvalue weighted by Crippen LogP contribution is -2.41. The molecule has 88 valence electrons. The molecule has 15 heavy (non-hydrogen) atoms. The Balaban J connectivity index is 2.29. The first-order chi connectivity index (χ1) is 6.88. The van der Waals surface area contributed by atoms with Crippen LogP contribution in [-0.4, -0.2) is 36.5 Å². The SMILES string of the molecule is CN1CCC(C(=O)NOC(C)(C)C)CC1. The topological polar surface area (TPSA) is 41.6 Å². The molecule has 1 aliphatic heterocycles. The highest BCUT2D eigenvalue weighted by atomic mass is 16.7. The lowest BCUT2D eigenvalue weighted by molar-refractivity contribution is -0.151. The molecule has 0 radical (unpaired) electrons. The Labute approximate surface area is 91.9 Å². The molecule has 1 heterocycles. The zero-order chi connectivity index (χ0) is 11.5. The average Bonchev–Trinajstić information content (AvgIpc) is 2.14. The van der Waals surface area contributed by atoms with Gasteiger partial charge in [0.05, 0.1) is 5.60 Å². The van der Waals surface area contributed by atoms with Crippen molar-refractivity contribution in [2.75, 3.05) is 20.1 Å². The largest absolute Gasteiger partial charge is 0.306 e. The van der Waals surface area contributed by atoms with E-state index >= 15 is 0 Å². The molecule has 0 bridgehead atoms. The van der Waals surface area contributed by atoms with Crippen molar-refractivity contribution < 1.29 is 9.63 Å². The molecule has 1 N–H and O–H groups in total. The number of carbonyl (C=O) groups is 1. The Morgan fingerprint density at radius 3 is 2.33 bits per heavy atom. The van der Waals surface area contributed by atoms with Gasteiger partial charge >= 0.3 is 0 Å². The van der Waals surface area contributed by atoms with Crippen molar-refractivity contribution in [2.45, 2.75) is 39.2 Å². The van der Waals surface area contributed by atoms with Gasteiger partial charge in [0.15, 0.2) is 0 Å². The van der Waals surface area contributed by atoms with Crippen molar-refractivity contribution in [2.24, 2.45) is 5.92 Å². The molecule has 0 atom stereocenters. The summed E-state index contributed by atoms with van der Waals surface area (Å²) in [6.07, 6.45) is 1.85. The molecule has 0 aliphatic carbocycles. The molecule has 4 nitrogen and oxygen atoms in total. The number of likely N-dealkylation sites (tertiary alicyclic amines) is 1. The van der Waals surface area contributed by atoms with Gasteiger partial charge in [-0.1, -0.05) is 0 Å². The Hall–Kier alpha value is -0.610. The molecule has 1 aliphatic rings. The van der Waals surface area contributed by atoms with Gasteiger partial charge in [-0.25, -0.2) is 5.48 Å².